The third-order valence-electron chi connectivity index (χ3n) is 3.79. The number of fused-ring (bicyclic) bond motifs is 1. The molecule has 0 fully saturated rings. The van der Waals surface area contributed by atoms with Gasteiger partial charge in [-0.2, -0.15) is 5.26 Å². The summed E-state index contributed by atoms with van der Waals surface area (Å²) >= 11 is 0. The van der Waals surface area contributed by atoms with Crippen LogP contribution in [0.15, 0.2) is 53.1 Å². The largest absolute Gasteiger partial charge is 0.497 e. The number of ether oxygens (including phenoxy) is 1. The summed E-state index contributed by atoms with van der Waals surface area (Å²) in [6.07, 6.45) is 1.85. The fourth-order valence-corrected chi connectivity index (χ4v) is 2.46. The summed E-state index contributed by atoms with van der Waals surface area (Å²) in [6, 6.07) is 14.7. The number of methoxy groups -OCH3 is 1. The lowest BCUT2D eigenvalue weighted by atomic mass is 10.1. The van der Waals surface area contributed by atoms with Crippen LogP contribution in [0.5, 0.6) is 5.75 Å². The van der Waals surface area contributed by atoms with Crippen LogP contribution in [0.2, 0.25) is 0 Å². The summed E-state index contributed by atoms with van der Waals surface area (Å²) in [6.45, 7) is 0.425. The van der Waals surface area contributed by atoms with E-state index in [0.29, 0.717) is 23.4 Å². The molecule has 120 valence electrons. The Balaban J connectivity index is 1.63. The van der Waals surface area contributed by atoms with Crippen molar-refractivity contribution >= 4 is 16.9 Å². The van der Waals surface area contributed by atoms with Gasteiger partial charge in [0.15, 0.2) is 0 Å². The fourth-order valence-electron chi connectivity index (χ4n) is 2.46. The Morgan fingerprint density at radius 2 is 2.04 bits per heavy atom. The van der Waals surface area contributed by atoms with E-state index >= 15 is 0 Å². The summed E-state index contributed by atoms with van der Waals surface area (Å²) in [5.74, 6) is 0.631. The number of carbonyl (C=O) groups is 1. The molecule has 0 saturated carbocycles. The number of benzene rings is 2. The minimum absolute atomic E-state index is 0.0853. The molecule has 0 radical (unpaired) electrons. The van der Waals surface area contributed by atoms with Gasteiger partial charge in [0.2, 0.25) is 5.91 Å². The van der Waals surface area contributed by atoms with E-state index in [1.165, 1.54) is 0 Å². The minimum atomic E-state index is -0.0853. The number of hydrogen-bond acceptors (Lipinski definition) is 4. The smallest absolute Gasteiger partial charge is 0.224 e. The topological polar surface area (TPSA) is 75.3 Å². The van der Waals surface area contributed by atoms with Crippen molar-refractivity contribution in [1.82, 2.24) is 5.32 Å². The molecule has 2 aromatic carbocycles. The van der Waals surface area contributed by atoms with Crippen molar-refractivity contribution in [2.45, 2.75) is 13.0 Å². The number of nitriles is 1. The standard InChI is InChI=1S/C19H16N2O3/c1-23-16-6-7-17-15(12-24-18(17)9-16)8-19(22)21-11-14-4-2-13(10-20)3-5-14/h2-7,9,12H,8,11H2,1H3,(H,21,22). The van der Waals surface area contributed by atoms with Gasteiger partial charge in [0, 0.05) is 23.6 Å². The van der Waals surface area contributed by atoms with E-state index in [9.17, 15) is 4.79 Å². The normalized spacial score (nSPS) is 10.3. The number of amides is 1. The maximum Gasteiger partial charge on any atom is 0.224 e. The highest BCUT2D eigenvalue weighted by atomic mass is 16.5. The van der Waals surface area contributed by atoms with E-state index in [1.54, 1.807) is 31.6 Å². The summed E-state index contributed by atoms with van der Waals surface area (Å²) in [5, 5.41) is 12.6. The number of furan rings is 1. The van der Waals surface area contributed by atoms with Crippen LogP contribution >= 0.6 is 0 Å². The Morgan fingerprint density at radius 3 is 2.75 bits per heavy atom. The van der Waals surface area contributed by atoms with Crippen LogP contribution in [-0.4, -0.2) is 13.0 Å². The molecule has 5 nitrogen and oxygen atoms in total. The second kappa shape index (κ2) is 6.88. The highest BCUT2D eigenvalue weighted by Gasteiger charge is 2.11. The third kappa shape index (κ3) is 3.39. The predicted octanol–water partition coefficient (Wildman–Crippen LogP) is 3.17. The molecule has 3 aromatic rings. The van der Waals surface area contributed by atoms with E-state index in [1.807, 2.05) is 24.3 Å². The second-order valence-corrected chi connectivity index (χ2v) is 5.39. The van der Waals surface area contributed by atoms with E-state index in [2.05, 4.69) is 11.4 Å². The van der Waals surface area contributed by atoms with E-state index in [4.69, 9.17) is 14.4 Å². The van der Waals surface area contributed by atoms with Crippen molar-refractivity contribution in [3.05, 3.63) is 65.4 Å². The summed E-state index contributed by atoms with van der Waals surface area (Å²) in [5.41, 5.74) is 3.09. The summed E-state index contributed by atoms with van der Waals surface area (Å²) < 4.78 is 10.6. The minimum Gasteiger partial charge on any atom is -0.497 e. The highest BCUT2D eigenvalue weighted by molar-refractivity contribution is 5.88. The SMILES string of the molecule is COc1ccc2c(CC(=O)NCc3ccc(C#N)cc3)coc2c1. The first-order valence-electron chi connectivity index (χ1n) is 7.49. The fraction of sp³-hybridized carbons (Fsp3) is 0.158. The molecule has 1 amide bonds. The first-order chi connectivity index (χ1) is 11.7. The molecule has 0 unspecified atom stereocenters. The lowest BCUT2D eigenvalue weighted by Crippen LogP contribution is -2.24. The van der Waals surface area contributed by atoms with Gasteiger partial charge in [-0.3, -0.25) is 4.79 Å². The number of hydrogen-bond donors (Lipinski definition) is 1. The van der Waals surface area contributed by atoms with Crippen LogP contribution < -0.4 is 10.1 Å². The lowest BCUT2D eigenvalue weighted by molar-refractivity contribution is -0.120. The van der Waals surface area contributed by atoms with Crippen molar-refractivity contribution in [1.29, 1.82) is 5.26 Å². The van der Waals surface area contributed by atoms with Crippen molar-refractivity contribution in [2.24, 2.45) is 0 Å². The second-order valence-electron chi connectivity index (χ2n) is 5.39. The molecule has 0 aliphatic heterocycles. The van der Waals surface area contributed by atoms with Crippen LogP contribution in [0.4, 0.5) is 0 Å². The maximum absolute atomic E-state index is 12.1. The molecule has 0 aliphatic carbocycles. The first-order valence-corrected chi connectivity index (χ1v) is 7.49. The Morgan fingerprint density at radius 1 is 1.25 bits per heavy atom. The Labute approximate surface area is 139 Å². The van der Waals surface area contributed by atoms with E-state index < -0.39 is 0 Å². The summed E-state index contributed by atoms with van der Waals surface area (Å²) in [7, 11) is 1.60. The van der Waals surface area contributed by atoms with Crippen LogP contribution in [0.3, 0.4) is 0 Å². The molecule has 1 heterocycles. The van der Waals surface area contributed by atoms with Gasteiger partial charge in [-0.1, -0.05) is 12.1 Å². The van der Waals surface area contributed by atoms with Gasteiger partial charge in [0.05, 0.1) is 31.4 Å². The van der Waals surface area contributed by atoms with Gasteiger partial charge >= 0.3 is 0 Å². The first kappa shape index (κ1) is 15.6. The molecule has 5 heteroatoms. The molecule has 0 saturated heterocycles. The van der Waals surface area contributed by atoms with Crippen LogP contribution in [0.1, 0.15) is 16.7 Å². The molecule has 24 heavy (non-hydrogen) atoms. The average molecular weight is 320 g/mol. The molecule has 0 spiro atoms. The molecule has 3 rings (SSSR count). The predicted molar refractivity (Wildman–Crippen MR) is 89.5 cm³/mol. The molecule has 1 aromatic heterocycles. The molecular formula is C19H16N2O3. The zero-order valence-corrected chi connectivity index (χ0v) is 13.2. The van der Waals surface area contributed by atoms with Gasteiger partial charge in [0.25, 0.3) is 0 Å². The number of nitrogens with zero attached hydrogens (tertiary/aromatic N) is 1. The zero-order chi connectivity index (χ0) is 16.9. The Kier molecular flexibility index (Phi) is 4.48. The summed E-state index contributed by atoms with van der Waals surface area (Å²) in [4.78, 5) is 12.1. The lowest BCUT2D eigenvalue weighted by Gasteiger charge is -2.05. The monoisotopic (exact) mass is 320 g/mol. The van der Waals surface area contributed by atoms with E-state index in [-0.39, 0.29) is 12.3 Å². The van der Waals surface area contributed by atoms with Crippen molar-refractivity contribution in [2.75, 3.05) is 7.11 Å². The van der Waals surface area contributed by atoms with Gasteiger partial charge in [-0.05, 0) is 29.8 Å². The Hall–Kier alpha value is -3.26. The molecule has 1 N–H and O–H groups in total. The van der Waals surface area contributed by atoms with Crippen LogP contribution in [0, 0.1) is 11.3 Å². The molecule has 0 atom stereocenters. The maximum atomic E-state index is 12.1. The number of rotatable bonds is 5. The van der Waals surface area contributed by atoms with Crippen molar-refractivity contribution < 1.29 is 13.9 Å². The van der Waals surface area contributed by atoms with Crippen LogP contribution in [0.25, 0.3) is 11.0 Å². The highest BCUT2D eigenvalue weighted by Crippen LogP contribution is 2.25. The van der Waals surface area contributed by atoms with Gasteiger partial charge < -0.3 is 14.5 Å². The zero-order valence-electron chi connectivity index (χ0n) is 13.2. The van der Waals surface area contributed by atoms with Crippen molar-refractivity contribution in [3.63, 3.8) is 0 Å². The molecule has 0 aliphatic rings. The van der Waals surface area contributed by atoms with Gasteiger partial charge in [0.1, 0.15) is 11.3 Å². The quantitative estimate of drug-likeness (QED) is 0.783. The van der Waals surface area contributed by atoms with Gasteiger partial charge in [-0.15, -0.1) is 0 Å². The average Bonchev–Trinajstić information content (AvgIpc) is 3.02. The number of carbonyl (C=O) groups excluding carboxylic acids is 1. The molecular weight excluding hydrogens is 304 g/mol. The van der Waals surface area contributed by atoms with E-state index in [0.717, 1.165) is 16.5 Å². The Bertz CT molecular complexity index is 905. The van der Waals surface area contributed by atoms with Crippen molar-refractivity contribution in [3.8, 4) is 11.8 Å². The third-order valence-corrected chi connectivity index (χ3v) is 3.79. The van der Waals surface area contributed by atoms with Crippen LogP contribution in [-0.2, 0) is 17.8 Å². The van der Waals surface area contributed by atoms with Gasteiger partial charge in [-0.25, -0.2) is 0 Å². The molecule has 0 bridgehead atoms. The number of nitrogens with one attached hydrogen (secondary N) is 1.